The number of amides is 2. The van der Waals surface area contributed by atoms with E-state index in [1.54, 1.807) is 0 Å². The van der Waals surface area contributed by atoms with Crippen LogP contribution in [0.25, 0.3) is 0 Å². The number of H-pyrrole nitrogens is 1. The Morgan fingerprint density at radius 1 is 1.15 bits per heavy atom. The number of nitrogens with one attached hydrogen (secondary N) is 3. The van der Waals surface area contributed by atoms with Gasteiger partial charge in [-0.05, 0) is 6.42 Å². The number of imidazole rings is 1. The quantitative estimate of drug-likeness (QED) is 0.214. The molecule has 0 aliphatic carbocycles. The molecule has 1 aromatic heterocycles. The van der Waals surface area contributed by atoms with Crippen LogP contribution < -0.4 is 16.4 Å². The highest BCUT2D eigenvalue weighted by Gasteiger charge is 2.28. The van der Waals surface area contributed by atoms with Crippen molar-refractivity contribution in [3.05, 3.63) is 18.2 Å². The third-order valence-electron chi connectivity index (χ3n) is 3.41. The highest BCUT2D eigenvalue weighted by Crippen LogP contribution is 2.00. The predicted octanol–water partition coefficient (Wildman–Crippen LogP) is -2.81. The summed E-state index contributed by atoms with van der Waals surface area (Å²) in [5.74, 6) is -4.35. The molecule has 2 amide bonds. The van der Waals surface area contributed by atoms with Gasteiger partial charge in [0.25, 0.3) is 0 Å². The number of carboxylic acids is 2. The molecule has 0 radical (unpaired) electrons. The Labute approximate surface area is 147 Å². The number of aliphatic carboxylic acids is 2. The number of aliphatic hydroxyl groups excluding tert-OH is 1. The van der Waals surface area contributed by atoms with Crippen molar-refractivity contribution in [1.29, 1.82) is 0 Å². The van der Waals surface area contributed by atoms with Crippen molar-refractivity contribution in [3.8, 4) is 0 Å². The number of nitrogens with zero attached hydrogens (tertiary/aromatic N) is 1. The molecule has 0 spiro atoms. The molecule has 3 atom stereocenters. The van der Waals surface area contributed by atoms with Crippen molar-refractivity contribution in [2.75, 3.05) is 6.61 Å². The minimum Gasteiger partial charge on any atom is -0.481 e. The van der Waals surface area contributed by atoms with E-state index in [9.17, 15) is 24.3 Å². The number of rotatable bonds is 11. The third kappa shape index (κ3) is 6.86. The van der Waals surface area contributed by atoms with E-state index >= 15 is 0 Å². The van der Waals surface area contributed by atoms with Crippen LogP contribution >= 0.6 is 0 Å². The topological polar surface area (TPSA) is 208 Å². The number of aromatic nitrogens is 2. The summed E-state index contributed by atoms with van der Waals surface area (Å²) in [7, 11) is 0. The van der Waals surface area contributed by atoms with Gasteiger partial charge in [0.15, 0.2) is 0 Å². The zero-order chi connectivity index (χ0) is 19.7. The molecule has 1 rings (SSSR count). The first-order valence-corrected chi connectivity index (χ1v) is 7.63. The van der Waals surface area contributed by atoms with Gasteiger partial charge in [0.1, 0.15) is 12.1 Å². The Balaban J connectivity index is 2.61. The van der Waals surface area contributed by atoms with Gasteiger partial charge in [0.2, 0.25) is 11.8 Å². The maximum atomic E-state index is 12.1. The molecular formula is C14H21N5O7. The number of carbonyl (C=O) groups excluding carboxylic acids is 2. The zero-order valence-electron chi connectivity index (χ0n) is 13.7. The number of aromatic amines is 1. The summed E-state index contributed by atoms with van der Waals surface area (Å²) < 4.78 is 0. The Hall–Kier alpha value is -2.99. The SMILES string of the molecule is NC(Cc1cnc[nH]1)C(=O)NC(CO)C(=O)NC(CCC(=O)O)C(=O)O. The normalized spacial score (nSPS) is 14.1. The summed E-state index contributed by atoms with van der Waals surface area (Å²) in [6, 6.07) is -3.93. The number of aliphatic hydroxyl groups is 1. The van der Waals surface area contributed by atoms with Crippen LogP contribution in [-0.2, 0) is 25.6 Å². The lowest BCUT2D eigenvalue weighted by Gasteiger charge is -2.21. The van der Waals surface area contributed by atoms with E-state index in [4.69, 9.17) is 15.9 Å². The van der Waals surface area contributed by atoms with Gasteiger partial charge in [-0.25, -0.2) is 9.78 Å². The van der Waals surface area contributed by atoms with E-state index in [0.29, 0.717) is 5.69 Å². The van der Waals surface area contributed by atoms with Crippen molar-refractivity contribution in [2.24, 2.45) is 5.73 Å². The highest BCUT2D eigenvalue weighted by atomic mass is 16.4. The van der Waals surface area contributed by atoms with Gasteiger partial charge >= 0.3 is 11.9 Å². The molecule has 0 fully saturated rings. The average molecular weight is 371 g/mol. The second-order valence-corrected chi connectivity index (χ2v) is 5.46. The molecule has 3 unspecified atom stereocenters. The molecular weight excluding hydrogens is 350 g/mol. The number of carboxylic acid groups (broad SMARTS) is 2. The summed E-state index contributed by atoms with van der Waals surface area (Å²) in [4.78, 5) is 52.2. The van der Waals surface area contributed by atoms with Crippen molar-refractivity contribution < 1.29 is 34.5 Å². The Morgan fingerprint density at radius 3 is 2.31 bits per heavy atom. The van der Waals surface area contributed by atoms with E-state index in [1.165, 1.54) is 12.5 Å². The van der Waals surface area contributed by atoms with Crippen molar-refractivity contribution in [1.82, 2.24) is 20.6 Å². The number of hydrogen-bond acceptors (Lipinski definition) is 7. The molecule has 0 saturated heterocycles. The number of nitrogens with two attached hydrogens (primary N) is 1. The van der Waals surface area contributed by atoms with Crippen molar-refractivity contribution in [2.45, 2.75) is 37.4 Å². The molecule has 12 nitrogen and oxygen atoms in total. The van der Waals surface area contributed by atoms with Crippen LogP contribution in [0.3, 0.4) is 0 Å². The van der Waals surface area contributed by atoms with Gasteiger partial charge in [-0.2, -0.15) is 0 Å². The van der Waals surface area contributed by atoms with Gasteiger partial charge in [-0.1, -0.05) is 0 Å². The van der Waals surface area contributed by atoms with Gasteiger partial charge in [-0.3, -0.25) is 14.4 Å². The summed E-state index contributed by atoms with van der Waals surface area (Å²) in [5, 5.41) is 31.2. The lowest BCUT2D eigenvalue weighted by atomic mass is 10.1. The Bertz CT molecular complexity index is 634. The minimum atomic E-state index is -1.47. The van der Waals surface area contributed by atoms with E-state index < -0.39 is 54.9 Å². The predicted molar refractivity (Wildman–Crippen MR) is 85.7 cm³/mol. The average Bonchev–Trinajstić information content (AvgIpc) is 3.08. The number of carbonyl (C=O) groups is 4. The van der Waals surface area contributed by atoms with Crippen LogP contribution in [-0.4, -0.2) is 73.8 Å². The lowest BCUT2D eigenvalue weighted by Crippen LogP contribution is -2.56. The summed E-state index contributed by atoms with van der Waals surface area (Å²) in [6.07, 6.45) is 2.18. The molecule has 12 heteroatoms. The summed E-state index contributed by atoms with van der Waals surface area (Å²) >= 11 is 0. The fourth-order valence-corrected chi connectivity index (χ4v) is 2.00. The smallest absolute Gasteiger partial charge is 0.326 e. The van der Waals surface area contributed by atoms with Gasteiger partial charge in [0, 0.05) is 24.7 Å². The van der Waals surface area contributed by atoms with Crippen LogP contribution in [0.2, 0.25) is 0 Å². The van der Waals surface area contributed by atoms with Crippen LogP contribution in [0, 0.1) is 0 Å². The van der Waals surface area contributed by atoms with Crippen LogP contribution in [0.15, 0.2) is 12.5 Å². The van der Waals surface area contributed by atoms with Gasteiger partial charge in [-0.15, -0.1) is 0 Å². The first kappa shape index (κ1) is 21.1. The molecule has 0 aliphatic rings. The molecule has 0 aromatic carbocycles. The first-order chi connectivity index (χ1) is 12.2. The maximum Gasteiger partial charge on any atom is 0.326 e. The monoisotopic (exact) mass is 371 g/mol. The molecule has 8 N–H and O–H groups in total. The molecule has 0 bridgehead atoms. The first-order valence-electron chi connectivity index (χ1n) is 7.63. The second-order valence-electron chi connectivity index (χ2n) is 5.46. The third-order valence-corrected chi connectivity index (χ3v) is 3.41. The molecule has 0 saturated carbocycles. The zero-order valence-corrected chi connectivity index (χ0v) is 13.7. The van der Waals surface area contributed by atoms with E-state index in [2.05, 4.69) is 20.6 Å². The van der Waals surface area contributed by atoms with Crippen molar-refractivity contribution >= 4 is 23.8 Å². The minimum absolute atomic E-state index is 0.113. The van der Waals surface area contributed by atoms with Gasteiger partial charge in [0.05, 0.1) is 19.0 Å². The Kier molecular flexibility index (Phi) is 8.18. The second kappa shape index (κ2) is 10.1. The highest BCUT2D eigenvalue weighted by molar-refractivity contribution is 5.92. The van der Waals surface area contributed by atoms with E-state index in [1.807, 2.05) is 0 Å². The Morgan fingerprint density at radius 2 is 1.81 bits per heavy atom. The largest absolute Gasteiger partial charge is 0.481 e. The summed E-state index contributed by atoms with van der Waals surface area (Å²) in [5.41, 5.74) is 6.30. The van der Waals surface area contributed by atoms with Gasteiger partial charge < -0.3 is 36.7 Å². The lowest BCUT2D eigenvalue weighted by molar-refractivity contribution is -0.143. The van der Waals surface area contributed by atoms with E-state index in [0.717, 1.165) is 0 Å². The molecule has 1 aromatic rings. The maximum absolute atomic E-state index is 12.1. The van der Waals surface area contributed by atoms with Crippen LogP contribution in [0.1, 0.15) is 18.5 Å². The summed E-state index contributed by atoms with van der Waals surface area (Å²) in [6.45, 7) is -0.792. The molecule has 0 aliphatic heterocycles. The molecule has 26 heavy (non-hydrogen) atoms. The molecule has 1 heterocycles. The fraction of sp³-hybridized carbons (Fsp3) is 0.500. The molecule has 144 valence electrons. The van der Waals surface area contributed by atoms with Crippen molar-refractivity contribution in [3.63, 3.8) is 0 Å². The fourth-order valence-electron chi connectivity index (χ4n) is 2.00. The van der Waals surface area contributed by atoms with E-state index in [-0.39, 0.29) is 12.8 Å². The van der Waals surface area contributed by atoms with Crippen LogP contribution in [0.5, 0.6) is 0 Å². The number of hydrogen-bond donors (Lipinski definition) is 7. The standard InChI is InChI=1S/C14H21N5O7/c15-8(3-7-4-16-6-17-7)12(23)19-10(5-20)13(24)18-9(14(25)26)1-2-11(21)22/h4,6,8-10,20H,1-3,5,15H2,(H,16,17)(H,18,24)(H,19,23)(H,21,22)(H,25,26). The van der Waals surface area contributed by atoms with Crippen LogP contribution in [0.4, 0.5) is 0 Å².